The molecule has 1 aromatic carbocycles. The van der Waals surface area contributed by atoms with Crippen LogP contribution in [0.5, 0.6) is 0 Å². The zero-order chi connectivity index (χ0) is 29.9. The van der Waals surface area contributed by atoms with Gasteiger partial charge in [-0.15, -0.1) is 11.3 Å². The van der Waals surface area contributed by atoms with Gasteiger partial charge in [0.25, 0.3) is 11.8 Å². The van der Waals surface area contributed by atoms with Crippen LogP contribution in [0.2, 0.25) is 0 Å². The summed E-state index contributed by atoms with van der Waals surface area (Å²) in [5, 5.41) is 17.2. The summed E-state index contributed by atoms with van der Waals surface area (Å²) in [6, 6.07) is 4.18. The molecule has 228 valence electrons. The number of thiazole rings is 1. The molecule has 1 atom stereocenters. The lowest BCUT2D eigenvalue weighted by atomic mass is 9.82. The molecule has 0 spiro atoms. The van der Waals surface area contributed by atoms with Gasteiger partial charge in [0.05, 0.1) is 31.5 Å². The number of ether oxygens (including phenoxy) is 1. The first-order valence-corrected chi connectivity index (χ1v) is 14.9. The van der Waals surface area contributed by atoms with E-state index in [4.69, 9.17) is 4.74 Å². The van der Waals surface area contributed by atoms with Gasteiger partial charge in [-0.2, -0.15) is 13.2 Å². The van der Waals surface area contributed by atoms with Crippen LogP contribution in [0.3, 0.4) is 0 Å². The fourth-order valence-corrected chi connectivity index (χ4v) is 6.81. The fourth-order valence-electron chi connectivity index (χ4n) is 5.78. The van der Waals surface area contributed by atoms with Gasteiger partial charge in [-0.3, -0.25) is 19.3 Å². The van der Waals surface area contributed by atoms with E-state index in [0.717, 1.165) is 44.0 Å². The van der Waals surface area contributed by atoms with Crippen molar-refractivity contribution >= 4 is 29.1 Å². The molecule has 0 unspecified atom stereocenters. The number of aliphatic hydroxyl groups is 1. The van der Waals surface area contributed by atoms with Crippen molar-refractivity contribution in [3.05, 3.63) is 51.5 Å². The van der Waals surface area contributed by atoms with Crippen LogP contribution in [0.25, 0.3) is 0 Å². The Kier molecular flexibility index (Phi) is 9.16. The standard InChI is InChI=1S/C28H34F3N5O5S/c29-28(30,31)19-3-1-2-18(14-19)24(38)32-16-23(37)34-20-6-9-36(17-20)21-4-7-27(40,8-5-21)26-33-15-22(42-26)25(39)35-10-12-41-13-11-35/h1-3,14-15,20-21,40H,4-13,16-17H2,(H,32,38)(H,34,37)/t20-,21?,27?/m1/s1. The zero-order valence-electron chi connectivity index (χ0n) is 23.0. The molecule has 14 heteroatoms. The maximum atomic E-state index is 12.9. The SMILES string of the molecule is O=C(CNC(=O)c1cccc(C(F)(F)F)c1)N[C@@H]1CCN(C2CCC(O)(c3ncc(C(=O)N4CCOCC4)s3)CC2)C1. The molecule has 2 aliphatic heterocycles. The smallest absolute Gasteiger partial charge is 0.383 e. The van der Waals surface area contributed by atoms with E-state index in [1.54, 1.807) is 11.1 Å². The highest BCUT2D eigenvalue weighted by Crippen LogP contribution is 2.41. The number of aromatic nitrogens is 1. The van der Waals surface area contributed by atoms with E-state index in [0.29, 0.717) is 55.6 Å². The number of rotatable bonds is 7. The van der Waals surface area contributed by atoms with Crippen LogP contribution in [-0.4, -0.2) is 95.6 Å². The summed E-state index contributed by atoms with van der Waals surface area (Å²) in [5.41, 5.74) is -2.17. The summed E-state index contributed by atoms with van der Waals surface area (Å²) in [5.74, 6) is -1.25. The lowest BCUT2D eigenvalue weighted by Crippen LogP contribution is -2.45. The largest absolute Gasteiger partial charge is 0.416 e. The Morgan fingerprint density at radius 1 is 1.12 bits per heavy atom. The molecular weight excluding hydrogens is 575 g/mol. The lowest BCUT2D eigenvalue weighted by molar-refractivity contribution is -0.137. The van der Waals surface area contributed by atoms with Crippen molar-refractivity contribution in [2.24, 2.45) is 0 Å². The van der Waals surface area contributed by atoms with E-state index in [1.807, 2.05) is 0 Å². The molecule has 5 rings (SSSR count). The van der Waals surface area contributed by atoms with Gasteiger partial charge < -0.3 is 25.4 Å². The molecule has 10 nitrogen and oxygen atoms in total. The Morgan fingerprint density at radius 2 is 1.86 bits per heavy atom. The van der Waals surface area contributed by atoms with Gasteiger partial charge in [0.2, 0.25) is 5.91 Å². The molecular formula is C28H34F3N5O5S. The molecule has 1 saturated carbocycles. The number of benzene rings is 1. The first-order valence-electron chi connectivity index (χ1n) is 14.1. The first-order chi connectivity index (χ1) is 20.0. The number of amides is 3. The number of carbonyl (C=O) groups is 3. The number of alkyl halides is 3. The second-order valence-corrected chi connectivity index (χ2v) is 12.0. The van der Waals surface area contributed by atoms with E-state index in [1.165, 1.54) is 17.4 Å². The Morgan fingerprint density at radius 3 is 2.57 bits per heavy atom. The summed E-state index contributed by atoms with van der Waals surface area (Å²) < 4.78 is 44.0. The van der Waals surface area contributed by atoms with Crippen molar-refractivity contribution in [3.8, 4) is 0 Å². The molecule has 2 saturated heterocycles. The highest BCUT2D eigenvalue weighted by atomic mass is 32.1. The molecule has 3 heterocycles. The number of halogens is 3. The minimum Gasteiger partial charge on any atom is -0.383 e. The van der Waals surface area contributed by atoms with Gasteiger partial charge in [0, 0.05) is 43.8 Å². The summed E-state index contributed by atoms with van der Waals surface area (Å²) in [7, 11) is 0. The van der Waals surface area contributed by atoms with E-state index in [9.17, 15) is 32.7 Å². The maximum Gasteiger partial charge on any atom is 0.416 e. The summed E-state index contributed by atoms with van der Waals surface area (Å²) in [6.07, 6.45) is 0.252. The van der Waals surface area contributed by atoms with Crippen molar-refractivity contribution in [1.82, 2.24) is 25.4 Å². The van der Waals surface area contributed by atoms with Crippen LogP contribution in [0.15, 0.2) is 30.5 Å². The van der Waals surface area contributed by atoms with Crippen molar-refractivity contribution in [2.75, 3.05) is 45.9 Å². The minimum atomic E-state index is -4.56. The molecule has 0 bridgehead atoms. The summed E-state index contributed by atoms with van der Waals surface area (Å²) in [4.78, 5) is 46.5. The second kappa shape index (κ2) is 12.7. The topological polar surface area (TPSA) is 124 Å². The molecule has 42 heavy (non-hydrogen) atoms. The van der Waals surface area contributed by atoms with Gasteiger partial charge in [0.15, 0.2) is 0 Å². The Bertz CT molecular complexity index is 1290. The maximum absolute atomic E-state index is 12.9. The number of morpholine rings is 1. The second-order valence-electron chi connectivity index (χ2n) is 11.0. The predicted molar refractivity (Wildman–Crippen MR) is 147 cm³/mol. The molecule has 2 aromatic rings. The van der Waals surface area contributed by atoms with Gasteiger partial charge >= 0.3 is 6.18 Å². The fraction of sp³-hybridized carbons (Fsp3) is 0.571. The van der Waals surface area contributed by atoms with Gasteiger partial charge in [0.1, 0.15) is 15.5 Å². The third-order valence-electron chi connectivity index (χ3n) is 8.16. The van der Waals surface area contributed by atoms with Crippen molar-refractivity contribution in [3.63, 3.8) is 0 Å². The number of likely N-dealkylation sites (tertiary alicyclic amines) is 1. The van der Waals surface area contributed by atoms with Gasteiger partial charge in [-0.1, -0.05) is 6.07 Å². The Hall–Kier alpha value is -3.07. The monoisotopic (exact) mass is 609 g/mol. The van der Waals surface area contributed by atoms with Crippen molar-refractivity contribution in [2.45, 2.75) is 56.0 Å². The number of carbonyl (C=O) groups excluding carboxylic acids is 3. The summed E-state index contributed by atoms with van der Waals surface area (Å²) in [6.45, 7) is 3.19. The third kappa shape index (κ3) is 7.10. The normalized spacial score (nSPS) is 25.3. The number of nitrogens with zero attached hydrogens (tertiary/aromatic N) is 3. The molecule has 3 amide bonds. The van der Waals surface area contributed by atoms with Gasteiger partial charge in [-0.25, -0.2) is 4.98 Å². The quantitative estimate of drug-likeness (QED) is 0.441. The van der Waals surface area contributed by atoms with Crippen LogP contribution >= 0.6 is 11.3 Å². The van der Waals surface area contributed by atoms with Crippen LogP contribution in [0, 0.1) is 0 Å². The van der Waals surface area contributed by atoms with Crippen molar-refractivity contribution in [1.29, 1.82) is 0 Å². The molecule has 3 N–H and O–H groups in total. The predicted octanol–water partition coefficient (Wildman–Crippen LogP) is 2.38. The average Bonchev–Trinajstić information content (AvgIpc) is 3.67. The average molecular weight is 610 g/mol. The van der Waals surface area contributed by atoms with E-state index < -0.39 is 29.2 Å². The van der Waals surface area contributed by atoms with Crippen LogP contribution in [-0.2, 0) is 21.3 Å². The van der Waals surface area contributed by atoms with E-state index in [2.05, 4.69) is 20.5 Å². The highest BCUT2D eigenvalue weighted by Gasteiger charge is 2.41. The highest BCUT2D eigenvalue weighted by molar-refractivity contribution is 7.13. The molecule has 0 radical (unpaired) electrons. The van der Waals surface area contributed by atoms with Gasteiger partial charge in [-0.05, 0) is 50.3 Å². The number of hydrogen-bond donors (Lipinski definition) is 3. The molecule has 3 fully saturated rings. The lowest BCUT2D eigenvalue weighted by Gasteiger charge is -2.38. The van der Waals surface area contributed by atoms with E-state index in [-0.39, 0.29) is 30.1 Å². The zero-order valence-corrected chi connectivity index (χ0v) is 23.8. The summed E-state index contributed by atoms with van der Waals surface area (Å²) >= 11 is 1.25. The number of nitrogens with one attached hydrogen (secondary N) is 2. The first kappa shape index (κ1) is 30.4. The Labute approximate surface area is 245 Å². The molecule has 3 aliphatic rings. The van der Waals surface area contributed by atoms with Crippen LogP contribution < -0.4 is 10.6 Å². The minimum absolute atomic E-state index is 0.0836. The number of hydrogen-bond acceptors (Lipinski definition) is 8. The Balaban J connectivity index is 1.06. The van der Waals surface area contributed by atoms with Crippen molar-refractivity contribution < 1.29 is 37.4 Å². The van der Waals surface area contributed by atoms with E-state index >= 15 is 0 Å². The molecule has 1 aliphatic carbocycles. The van der Waals surface area contributed by atoms with Crippen LogP contribution in [0.1, 0.15) is 62.7 Å². The third-order valence-corrected chi connectivity index (χ3v) is 9.34. The van der Waals surface area contributed by atoms with Crippen LogP contribution in [0.4, 0.5) is 13.2 Å². The molecule has 1 aromatic heterocycles.